The highest BCUT2D eigenvalue weighted by Gasteiger charge is 2.30. The second-order valence-corrected chi connectivity index (χ2v) is 9.34. The Bertz CT molecular complexity index is 920. The third kappa shape index (κ3) is 9.46. The third-order valence-corrected chi connectivity index (χ3v) is 6.54. The van der Waals surface area contributed by atoms with E-state index in [1.807, 2.05) is 27.7 Å². The van der Waals surface area contributed by atoms with Gasteiger partial charge in [0.25, 0.3) is 5.91 Å². The van der Waals surface area contributed by atoms with Gasteiger partial charge in [-0.2, -0.15) is 0 Å². The van der Waals surface area contributed by atoms with E-state index < -0.39 is 23.1 Å². The minimum atomic E-state index is -0.793. The predicted molar refractivity (Wildman–Crippen MR) is 139 cm³/mol. The lowest BCUT2D eigenvalue weighted by Gasteiger charge is -2.32. The second-order valence-electron chi connectivity index (χ2n) is 9.34. The number of carbonyl (C=O) groups excluding carboxylic acids is 1. The first-order chi connectivity index (χ1) is 16.6. The maximum Gasteiger partial charge on any atom is 0.273 e. The molecule has 1 aliphatic rings. The van der Waals surface area contributed by atoms with Gasteiger partial charge < -0.3 is 15.6 Å². The first-order valence-corrected chi connectivity index (χ1v) is 12.8. The van der Waals surface area contributed by atoms with Crippen LogP contribution in [0.2, 0.25) is 0 Å². The molecule has 5 nitrogen and oxygen atoms in total. The molecule has 0 bridgehead atoms. The van der Waals surface area contributed by atoms with Crippen LogP contribution < -0.4 is 11.1 Å². The highest BCUT2D eigenvalue weighted by molar-refractivity contribution is 5.93. The summed E-state index contributed by atoms with van der Waals surface area (Å²) in [4.78, 5) is 12.5. The molecule has 1 amide bonds. The number of nitrogens with two attached hydrogens (primary N) is 1. The molecule has 2 aromatic rings. The Kier molecular flexibility index (Phi) is 12.7. The average Bonchev–Trinajstić information content (AvgIpc) is 3.32. The van der Waals surface area contributed by atoms with Gasteiger partial charge in [-0.25, -0.2) is 8.78 Å². The lowest BCUT2D eigenvalue weighted by atomic mass is 9.84. The van der Waals surface area contributed by atoms with Gasteiger partial charge in [-0.3, -0.25) is 4.79 Å². The minimum Gasteiger partial charge on any atom is -0.402 e. The van der Waals surface area contributed by atoms with Crippen molar-refractivity contribution in [1.29, 1.82) is 0 Å². The van der Waals surface area contributed by atoms with Crippen molar-refractivity contribution in [2.24, 2.45) is 17.6 Å². The van der Waals surface area contributed by atoms with Crippen molar-refractivity contribution >= 4 is 5.91 Å². The van der Waals surface area contributed by atoms with Crippen LogP contribution in [0.15, 0.2) is 41.1 Å². The molecule has 1 aromatic heterocycles. The number of amides is 1. The summed E-state index contributed by atoms with van der Waals surface area (Å²) in [6, 6.07) is 4.39. The number of nitrogens with one attached hydrogen (secondary N) is 1. The molecule has 7 heteroatoms. The number of rotatable bonds is 7. The number of halogens is 2. The quantitative estimate of drug-likeness (QED) is 0.417. The molecule has 1 saturated carbocycles. The number of carbonyl (C=O) groups is 1. The lowest BCUT2D eigenvalue weighted by Crippen LogP contribution is -2.48. The maximum absolute atomic E-state index is 13.8. The Morgan fingerprint density at radius 1 is 1.11 bits per heavy atom. The summed E-state index contributed by atoms with van der Waals surface area (Å²) >= 11 is 0. The van der Waals surface area contributed by atoms with Crippen LogP contribution in [0, 0.1) is 23.5 Å². The fourth-order valence-corrected chi connectivity index (χ4v) is 4.09. The van der Waals surface area contributed by atoms with Crippen LogP contribution in [0.4, 0.5) is 8.78 Å². The lowest BCUT2D eigenvalue weighted by molar-refractivity contribution is 0.0881. The van der Waals surface area contributed by atoms with Gasteiger partial charge in [-0.05, 0) is 36.8 Å². The zero-order valence-corrected chi connectivity index (χ0v) is 22.2. The molecular formula is C28H43F2N3O2. The number of aromatic nitrogens is 1. The number of benzene rings is 1. The van der Waals surface area contributed by atoms with Crippen molar-refractivity contribution in [1.82, 2.24) is 10.5 Å². The second kappa shape index (κ2) is 14.6. The standard InChI is InChI=1S/C18H21F2N3O2.C8H16.C2H6/c1-4-18(5-2,10-11(3)21)22-17(24)15-9-16(25-23-15)13-7-6-12(19)8-14(13)20;1-7-3-5-8(2)6-4-7;1-2/h6-9H,3-5,10,21H2,1-2H3,(H,22,24);7-8H,3-6H2,1-2H3;1-2H3. The minimum absolute atomic E-state index is 0.00707. The summed E-state index contributed by atoms with van der Waals surface area (Å²) < 4.78 is 31.9. The van der Waals surface area contributed by atoms with E-state index in [2.05, 4.69) is 30.9 Å². The molecule has 0 aliphatic heterocycles. The van der Waals surface area contributed by atoms with Gasteiger partial charge in [-0.15, -0.1) is 0 Å². The molecule has 0 atom stereocenters. The molecule has 3 N–H and O–H groups in total. The molecule has 35 heavy (non-hydrogen) atoms. The van der Waals surface area contributed by atoms with E-state index >= 15 is 0 Å². The highest BCUT2D eigenvalue weighted by Crippen LogP contribution is 2.27. The molecule has 1 aromatic carbocycles. The first kappa shape index (κ1) is 30.3. The Morgan fingerprint density at radius 2 is 1.66 bits per heavy atom. The molecule has 0 radical (unpaired) electrons. The van der Waals surface area contributed by atoms with E-state index in [-0.39, 0.29) is 17.0 Å². The molecule has 1 heterocycles. The largest absolute Gasteiger partial charge is 0.402 e. The summed E-state index contributed by atoms with van der Waals surface area (Å²) in [6.45, 7) is 16.3. The van der Waals surface area contributed by atoms with Crippen LogP contribution in [0.1, 0.15) is 97.0 Å². The Morgan fingerprint density at radius 3 is 2.11 bits per heavy atom. The van der Waals surface area contributed by atoms with Crippen LogP contribution in [-0.4, -0.2) is 16.6 Å². The van der Waals surface area contributed by atoms with Gasteiger partial charge in [0.15, 0.2) is 11.5 Å². The first-order valence-electron chi connectivity index (χ1n) is 12.8. The number of nitrogens with zero attached hydrogens (tertiary/aromatic N) is 1. The van der Waals surface area contributed by atoms with Crippen LogP contribution in [-0.2, 0) is 0 Å². The topological polar surface area (TPSA) is 81.1 Å². The molecule has 196 valence electrons. The summed E-state index contributed by atoms with van der Waals surface area (Å²) in [5, 5.41) is 6.60. The molecule has 0 saturated heterocycles. The van der Waals surface area contributed by atoms with Gasteiger partial charge in [0.2, 0.25) is 0 Å². The Labute approximate surface area is 209 Å². The van der Waals surface area contributed by atoms with Crippen LogP contribution >= 0.6 is 0 Å². The number of hydrogen-bond donors (Lipinski definition) is 2. The molecule has 1 fully saturated rings. The van der Waals surface area contributed by atoms with Crippen molar-refractivity contribution in [2.45, 2.75) is 92.0 Å². The van der Waals surface area contributed by atoms with E-state index in [1.54, 1.807) is 0 Å². The van der Waals surface area contributed by atoms with E-state index in [0.717, 1.165) is 24.0 Å². The zero-order valence-electron chi connectivity index (χ0n) is 22.2. The third-order valence-electron chi connectivity index (χ3n) is 6.54. The average molecular weight is 492 g/mol. The molecule has 1 aliphatic carbocycles. The van der Waals surface area contributed by atoms with Crippen molar-refractivity contribution in [3.8, 4) is 11.3 Å². The van der Waals surface area contributed by atoms with Crippen LogP contribution in [0.5, 0.6) is 0 Å². The Balaban J connectivity index is 0.000000512. The van der Waals surface area contributed by atoms with E-state index in [9.17, 15) is 13.6 Å². The fourth-order valence-electron chi connectivity index (χ4n) is 4.09. The highest BCUT2D eigenvalue weighted by atomic mass is 19.1. The molecule has 3 rings (SSSR count). The fraction of sp³-hybridized carbons (Fsp3) is 0.571. The van der Waals surface area contributed by atoms with Gasteiger partial charge in [0, 0.05) is 29.8 Å². The van der Waals surface area contributed by atoms with Gasteiger partial charge in [0.1, 0.15) is 11.6 Å². The van der Waals surface area contributed by atoms with Crippen molar-refractivity contribution in [3.63, 3.8) is 0 Å². The monoisotopic (exact) mass is 491 g/mol. The normalized spacial score (nSPS) is 17.4. The van der Waals surface area contributed by atoms with Crippen molar-refractivity contribution < 1.29 is 18.1 Å². The van der Waals surface area contributed by atoms with E-state index in [4.69, 9.17) is 10.3 Å². The van der Waals surface area contributed by atoms with Crippen molar-refractivity contribution in [2.75, 3.05) is 0 Å². The van der Waals surface area contributed by atoms with E-state index in [1.165, 1.54) is 37.8 Å². The smallest absolute Gasteiger partial charge is 0.273 e. The van der Waals surface area contributed by atoms with Crippen LogP contribution in [0.25, 0.3) is 11.3 Å². The van der Waals surface area contributed by atoms with Crippen LogP contribution in [0.3, 0.4) is 0 Å². The van der Waals surface area contributed by atoms with E-state index in [0.29, 0.717) is 25.0 Å². The summed E-state index contributed by atoms with van der Waals surface area (Å²) in [6.07, 6.45) is 7.64. The zero-order chi connectivity index (χ0) is 26.6. The maximum atomic E-state index is 13.8. The Hall–Kier alpha value is -2.70. The number of hydrogen-bond acceptors (Lipinski definition) is 4. The summed E-state index contributed by atoms with van der Waals surface area (Å²) in [5.41, 5.74) is 5.67. The van der Waals surface area contributed by atoms with Gasteiger partial charge in [0.05, 0.1) is 5.56 Å². The van der Waals surface area contributed by atoms with Crippen molar-refractivity contribution in [3.05, 3.63) is 53.9 Å². The summed E-state index contributed by atoms with van der Waals surface area (Å²) in [5.74, 6) is 0.139. The van der Waals surface area contributed by atoms with Gasteiger partial charge in [-0.1, -0.05) is 79.0 Å². The molecule has 0 unspecified atom stereocenters. The summed E-state index contributed by atoms with van der Waals surface area (Å²) in [7, 11) is 0. The predicted octanol–water partition coefficient (Wildman–Crippen LogP) is 7.63. The molecule has 0 spiro atoms. The molecular weight excluding hydrogens is 448 g/mol. The SMILES string of the molecule is C=C(N)CC(CC)(CC)NC(=O)c1cc(-c2ccc(F)cc2F)on1.CC.CC1CCC(C)CC1. The van der Waals surface area contributed by atoms with Gasteiger partial charge >= 0.3 is 0 Å².